The van der Waals surface area contributed by atoms with E-state index in [9.17, 15) is 0 Å². The van der Waals surface area contributed by atoms with Gasteiger partial charge in [0.25, 0.3) is 0 Å². The van der Waals surface area contributed by atoms with Crippen LogP contribution in [0.25, 0.3) is 5.65 Å². The summed E-state index contributed by atoms with van der Waals surface area (Å²) in [7, 11) is 0. The highest BCUT2D eigenvalue weighted by atomic mass is 16.5. The zero-order chi connectivity index (χ0) is 19.3. The molecule has 4 rings (SSSR count). The second kappa shape index (κ2) is 8.48. The number of ether oxygens (including phenoxy) is 1. The number of benzene rings is 1. The Morgan fingerprint density at radius 1 is 1.25 bits per heavy atom. The minimum atomic E-state index is 0.409. The van der Waals surface area contributed by atoms with E-state index in [0.717, 1.165) is 48.2 Å². The summed E-state index contributed by atoms with van der Waals surface area (Å²) in [5.74, 6) is 3.17. The molecule has 1 aromatic carbocycles. The van der Waals surface area contributed by atoms with Gasteiger partial charge in [-0.05, 0) is 63.0 Å². The Labute approximate surface area is 165 Å². The highest BCUT2D eigenvalue weighted by molar-refractivity contribution is 5.64. The molecule has 2 aromatic heterocycles. The molecule has 0 radical (unpaired) electrons. The third-order valence-corrected chi connectivity index (χ3v) is 5.15. The van der Waals surface area contributed by atoms with E-state index in [2.05, 4.69) is 28.0 Å². The average Bonchev–Trinajstić information content (AvgIpc) is 3.08. The van der Waals surface area contributed by atoms with Crippen molar-refractivity contribution in [2.45, 2.75) is 32.7 Å². The molecule has 1 aliphatic rings. The molecule has 148 valence electrons. The molecule has 0 saturated carbocycles. The van der Waals surface area contributed by atoms with Crippen molar-refractivity contribution in [3.63, 3.8) is 0 Å². The number of aromatic nitrogens is 3. The fourth-order valence-electron chi connectivity index (χ4n) is 3.63. The van der Waals surface area contributed by atoms with Crippen LogP contribution in [-0.4, -0.2) is 40.3 Å². The van der Waals surface area contributed by atoms with Crippen LogP contribution in [0.3, 0.4) is 0 Å². The summed E-state index contributed by atoms with van der Waals surface area (Å²) in [4.78, 5) is 4.74. The number of rotatable bonds is 6. The minimum absolute atomic E-state index is 0.409. The van der Waals surface area contributed by atoms with Crippen LogP contribution in [0.2, 0.25) is 0 Å². The fraction of sp³-hybridized carbons (Fsp3) is 0.429. The maximum Gasteiger partial charge on any atom is 0.159 e. The Bertz CT molecular complexity index is 907. The highest BCUT2D eigenvalue weighted by Crippen LogP contribution is 2.24. The van der Waals surface area contributed by atoms with E-state index in [4.69, 9.17) is 9.72 Å². The van der Waals surface area contributed by atoms with Gasteiger partial charge in [0.1, 0.15) is 17.4 Å². The summed E-state index contributed by atoms with van der Waals surface area (Å²) in [5.41, 5.74) is 1.79. The lowest BCUT2D eigenvalue weighted by Gasteiger charge is -2.23. The molecule has 1 fully saturated rings. The molecule has 1 saturated heterocycles. The van der Waals surface area contributed by atoms with E-state index < -0.39 is 0 Å². The van der Waals surface area contributed by atoms with Gasteiger partial charge < -0.3 is 20.7 Å². The van der Waals surface area contributed by atoms with Crippen LogP contribution in [0.4, 0.5) is 17.3 Å². The van der Waals surface area contributed by atoms with E-state index >= 15 is 0 Å². The Hall–Kier alpha value is -2.80. The van der Waals surface area contributed by atoms with Crippen molar-refractivity contribution in [3.8, 4) is 5.75 Å². The van der Waals surface area contributed by atoms with Gasteiger partial charge in [-0.3, -0.25) is 0 Å². The minimum Gasteiger partial charge on any atom is -0.494 e. The van der Waals surface area contributed by atoms with Crippen LogP contribution >= 0.6 is 0 Å². The van der Waals surface area contributed by atoms with Gasteiger partial charge in [0.05, 0.1) is 12.8 Å². The van der Waals surface area contributed by atoms with Crippen LogP contribution in [-0.2, 0) is 0 Å². The van der Waals surface area contributed by atoms with E-state index in [1.807, 2.05) is 47.8 Å². The summed E-state index contributed by atoms with van der Waals surface area (Å²) < 4.78 is 7.34. The van der Waals surface area contributed by atoms with Crippen molar-refractivity contribution >= 4 is 23.0 Å². The maximum atomic E-state index is 5.52. The summed E-state index contributed by atoms with van der Waals surface area (Å²) >= 11 is 0. The topological polar surface area (TPSA) is 75.5 Å². The molecule has 3 aromatic rings. The molecular formula is C21H28N6O. The molecule has 1 aliphatic heterocycles. The largest absolute Gasteiger partial charge is 0.494 e. The van der Waals surface area contributed by atoms with Crippen molar-refractivity contribution in [1.29, 1.82) is 0 Å². The Balaban J connectivity index is 1.58. The summed E-state index contributed by atoms with van der Waals surface area (Å²) in [6.45, 7) is 7.05. The lowest BCUT2D eigenvalue weighted by atomic mass is 9.99. The highest BCUT2D eigenvalue weighted by Gasteiger charge is 2.20. The van der Waals surface area contributed by atoms with E-state index in [-0.39, 0.29) is 0 Å². The number of nitrogens with one attached hydrogen (secondary N) is 3. The number of hydrogen-bond acceptors (Lipinski definition) is 6. The smallest absolute Gasteiger partial charge is 0.159 e. The van der Waals surface area contributed by atoms with Gasteiger partial charge in [-0.1, -0.05) is 6.92 Å². The SMILES string of the molecule is CCOc1ccc(Nc2cc(N[C@H]3CCCNCC3C)nc3ccnn23)cc1. The lowest BCUT2D eigenvalue weighted by Crippen LogP contribution is -2.31. The first-order valence-electron chi connectivity index (χ1n) is 10.0. The number of fused-ring (bicyclic) bond motifs is 1. The molecule has 1 unspecified atom stereocenters. The quantitative estimate of drug-likeness (QED) is 0.606. The number of nitrogens with zero attached hydrogens (tertiary/aromatic N) is 3. The molecule has 7 nitrogen and oxygen atoms in total. The van der Waals surface area contributed by atoms with Gasteiger partial charge in [0.2, 0.25) is 0 Å². The van der Waals surface area contributed by atoms with Crippen LogP contribution in [0.15, 0.2) is 42.6 Å². The Kier molecular flexibility index (Phi) is 5.62. The van der Waals surface area contributed by atoms with Crippen LogP contribution in [0, 0.1) is 5.92 Å². The number of hydrogen-bond donors (Lipinski definition) is 3. The first kappa shape index (κ1) is 18.6. The summed E-state index contributed by atoms with van der Waals surface area (Å²) in [6.07, 6.45) is 4.09. The average molecular weight is 380 g/mol. The van der Waals surface area contributed by atoms with Crippen molar-refractivity contribution < 1.29 is 4.74 Å². The second-order valence-corrected chi connectivity index (χ2v) is 7.28. The first-order chi connectivity index (χ1) is 13.7. The molecule has 0 spiro atoms. The fourth-order valence-corrected chi connectivity index (χ4v) is 3.63. The third kappa shape index (κ3) is 4.20. The summed E-state index contributed by atoms with van der Waals surface area (Å²) in [5, 5.41) is 15.0. The monoisotopic (exact) mass is 380 g/mol. The lowest BCUT2D eigenvalue weighted by molar-refractivity contribution is 0.340. The second-order valence-electron chi connectivity index (χ2n) is 7.28. The molecular weight excluding hydrogens is 352 g/mol. The molecule has 28 heavy (non-hydrogen) atoms. The molecule has 0 amide bonds. The van der Waals surface area contributed by atoms with E-state index in [1.165, 1.54) is 6.42 Å². The zero-order valence-electron chi connectivity index (χ0n) is 16.5. The Morgan fingerprint density at radius 3 is 2.93 bits per heavy atom. The predicted octanol–water partition coefficient (Wildman–Crippen LogP) is 3.67. The van der Waals surface area contributed by atoms with Crippen molar-refractivity contribution in [1.82, 2.24) is 19.9 Å². The van der Waals surface area contributed by atoms with E-state index in [0.29, 0.717) is 18.6 Å². The Morgan fingerprint density at radius 2 is 2.11 bits per heavy atom. The normalized spacial score (nSPS) is 19.9. The van der Waals surface area contributed by atoms with Crippen LogP contribution in [0.1, 0.15) is 26.7 Å². The molecule has 3 N–H and O–H groups in total. The van der Waals surface area contributed by atoms with Crippen LogP contribution < -0.4 is 20.7 Å². The van der Waals surface area contributed by atoms with Gasteiger partial charge in [0, 0.05) is 23.9 Å². The van der Waals surface area contributed by atoms with Gasteiger partial charge in [-0.2, -0.15) is 9.61 Å². The van der Waals surface area contributed by atoms with Crippen molar-refractivity contribution in [2.75, 3.05) is 30.3 Å². The zero-order valence-corrected chi connectivity index (χ0v) is 16.5. The summed E-state index contributed by atoms with van der Waals surface area (Å²) in [6, 6.07) is 12.3. The number of anilines is 3. The van der Waals surface area contributed by atoms with Crippen molar-refractivity contribution in [3.05, 3.63) is 42.6 Å². The first-order valence-corrected chi connectivity index (χ1v) is 10.0. The molecule has 2 atom stereocenters. The molecule has 0 aliphatic carbocycles. The van der Waals surface area contributed by atoms with Crippen molar-refractivity contribution in [2.24, 2.45) is 5.92 Å². The van der Waals surface area contributed by atoms with Gasteiger partial charge in [0.15, 0.2) is 5.65 Å². The van der Waals surface area contributed by atoms with Gasteiger partial charge in [-0.25, -0.2) is 4.98 Å². The van der Waals surface area contributed by atoms with Gasteiger partial charge >= 0.3 is 0 Å². The standard InChI is InChI=1S/C21H28N6O/c1-3-28-17-8-6-16(7-9-17)24-21-13-19(26-20-10-12-23-27(20)21)25-18-5-4-11-22-14-15(18)2/h6-10,12-13,15,18,22,24H,3-5,11,14H2,1-2H3,(H,25,26)/t15?,18-/m0/s1. The van der Waals surface area contributed by atoms with Crippen LogP contribution in [0.5, 0.6) is 5.75 Å². The molecule has 0 bridgehead atoms. The van der Waals surface area contributed by atoms with E-state index in [1.54, 1.807) is 6.20 Å². The molecule has 7 heteroatoms. The van der Waals surface area contributed by atoms with Gasteiger partial charge in [-0.15, -0.1) is 0 Å². The molecule has 3 heterocycles. The maximum absolute atomic E-state index is 5.52. The third-order valence-electron chi connectivity index (χ3n) is 5.15. The predicted molar refractivity (Wildman–Crippen MR) is 113 cm³/mol.